The number of aryl methyl sites for hydroxylation is 2. The number of fused-ring (bicyclic) bond motifs is 1. The predicted molar refractivity (Wildman–Crippen MR) is 97.4 cm³/mol. The summed E-state index contributed by atoms with van der Waals surface area (Å²) in [7, 11) is 1.51. The molecule has 150 valence electrons. The number of imidazole rings is 1. The Hall–Kier alpha value is -2.16. The summed E-state index contributed by atoms with van der Waals surface area (Å²) in [5.41, 5.74) is 3.08. The van der Waals surface area contributed by atoms with Crippen LogP contribution in [0.25, 0.3) is 22.2 Å². The van der Waals surface area contributed by atoms with E-state index in [1.807, 2.05) is 0 Å². The smallest absolute Gasteiger partial charge is 0.331 e. The van der Waals surface area contributed by atoms with E-state index in [1.54, 1.807) is 43.3 Å². The van der Waals surface area contributed by atoms with E-state index in [9.17, 15) is 26.3 Å². The number of hydrogen-bond donors (Lipinski definition) is 0. The summed E-state index contributed by atoms with van der Waals surface area (Å²) in [5.74, 6) is -1.08. The van der Waals surface area contributed by atoms with Gasteiger partial charge in [0.25, 0.3) is 0 Å². The van der Waals surface area contributed by atoms with E-state index in [0.29, 0.717) is 38.8 Å². The molecule has 0 saturated carbocycles. The lowest BCUT2D eigenvalue weighted by atomic mass is 10.0. The van der Waals surface area contributed by atoms with Crippen molar-refractivity contribution in [3.05, 3.63) is 47.8 Å². The van der Waals surface area contributed by atoms with Crippen LogP contribution >= 0.6 is 11.8 Å². The maximum atomic E-state index is 12.7. The molecule has 1 heterocycles. The summed E-state index contributed by atoms with van der Waals surface area (Å²) in [5, 5.41) is 0. The van der Waals surface area contributed by atoms with Gasteiger partial charge in [0.15, 0.2) is 0 Å². The van der Waals surface area contributed by atoms with Crippen LogP contribution < -0.4 is 0 Å². The third-order valence-corrected chi connectivity index (χ3v) is 5.47. The molecule has 0 aliphatic heterocycles. The first-order valence-corrected chi connectivity index (χ1v) is 9.24. The highest BCUT2D eigenvalue weighted by molar-refractivity contribution is 7.99. The molecule has 0 atom stereocenters. The second-order valence-corrected chi connectivity index (χ2v) is 7.48. The number of rotatable bonds is 4. The van der Waals surface area contributed by atoms with E-state index >= 15 is 0 Å². The molecule has 0 spiro atoms. The molecule has 0 aliphatic carbocycles. The zero-order valence-corrected chi connectivity index (χ0v) is 15.8. The summed E-state index contributed by atoms with van der Waals surface area (Å²) in [6, 6.07) is 10.2. The first kappa shape index (κ1) is 20.6. The Kier molecular flexibility index (Phi) is 5.40. The van der Waals surface area contributed by atoms with Crippen molar-refractivity contribution in [3.8, 4) is 11.1 Å². The first-order chi connectivity index (χ1) is 12.9. The zero-order valence-electron chi connectivity index (χ0n) is 14.9. The molecule has 1 aromatic heterocycles. The maximum Gasteiger partial charge on any atom is 0.398 e. The zero-order chi connectivity index (χ0) is 20.7. The van der Waals surface area contributed by atoms with Gasteiger partial charge in [0.1, 0.15) is 12.2 Å². The minimum absolute atomic E-state index is 0.0926. The largest absolute Gasteiger partial charge is 0.398 e. The van der Waals surface area contributed by atoms with Crippen LogP contribution in [0, 0.1) is 6.92 Å². The fraction of sp³-hybridized carbons (Fsp3) is 0.316. The monoisotopic (exact) mass is 418 g/mol. The van der Waals surface area contributed by atoms with E-state index in [0.717, 1.165) is 5.56 Å². The van der Waals surface area contributed by atoms with Gasteiger partial charge in [0, 0.05) is 11.9 Å². The highest BCUT2D eigenvalue weighted by atomic mass is 32.2. The normalized spacial score (nSPS) is 12.7. The molecule has 0 unspecified atom stereocenters. The molecule has 0 radical (unpaired) electrons. The molecule has 2 nitrogen and oxygen atoms in total. The Balaban J connectivity index is 1.96. The number of alkyl halides is 6. The van der Waals surface area contributed by atoms with Crippen molar-refractivity contribution in [2.45, 2.75) is 30.6 Å². The summed E-state index contributed by atoms with van der Waals surface area (Å²) in [6.07, 6.45) is -9.76. The number of halogens is 6. The van der Waals surface area contributed by atoms with Gasteiger partial charge in [-0.05, 0) is 41.8 Å². The van der Waals surface area contributed by atoms with Crippen LogP contribution in [0.4, 0.5) is 26.3 Å². The minimum Gasteiger partial charge on any atom is -0.331 e. The summed E-state index contributed by atoms with van der Waals surface area (Å²) >= 11 is 0.713. The fourth-order valence-electron chi connectivity index (χ4n) is 2.85. The van der Waals surface area contributed by atoms with Crippen LogP contribution in [-0.2, 0) is 13.5 Å². The second kappa shape index (κ2) is 7.35. The summed E-state index contributed by atoms with van der Waals surface area (Å²) in [4.78, 5) is 4.55. The molecule has 28 heavy (non-hydrogen) atoms. The average Bonchev–Trinajstić information content (AvgIpc) is 2.87. The van der Waals surface area contributed by atoms with Gasteiger partial charge in [0.05, 0.1) is 16.8 Å². The number of nitrogens with zero attached hydrogens (tertiary/aromatic N) is 2. The topological polar surface area (TPSA) is 17.8 Å². The van der Waals surface area contributed by atoms with Crippen molar-refractivity contribution < 1.29 is 26.3 Å². The van der Waals surface area contributed by atoms with E-state index in [2.05, 4.69) is 4.98 Å². The highest BCUT2D eigenvalue weighted by Gasteiger charge is 2.30. The van der Waals surface area contributed by atoms with Gasteiger partial charge in [-0.25, -0.2) is 4.98 Å². The molecule has 9 heteroatoms. The average molecular weight is 418 g/mol. The van der Waals surface area contributed by atoms with Gasteiger partial charge in [-0.1, -0.05) is 18.2 Å². The lowest BCUT2D eigenvalue weighted by Gasteiger charge is -2.11. The fourth-order valence-corrected chi connectivity index (χ4v) is 3.68. The lowest BCUT2D eigenvalue weighted by Crippen LogP contribution is -2.15. The van der Waals surface area contributed by atoms with E-state index in [-0.39, 0.29) is 5.82 Å². The quantitative estimate of drug-likeness (QED) is 0.365. The summed E-state index contributed by atoms with van der Waals surface area (Å²) in [6.45, 7) is 1.73. The van der Waals surface area contributed by atoms with Crippen molar-refractivity contribution in [2.24, 2.45) is 7.05 Å². The molecule has 3 rings (SSSR count). The van der Waals surface area contributed by atoms with Crippen molar-refractivity contribution in [2.75, 3.05) is 5.75 Å². The van der Waals surface area contributed by atoms with Crippen molar-refractivity contribution in [3.63, 3.8) is 0 Å². The summed E-state index contributed by atoms with van der Waals surface area (Å²) < 4.78 is 77.1. The lowest BCUT2D eigenvalue weighted by molar-refractivity contribution is -0.128. The molecule has 0 bridgehead atoms. The van der Waals surface area contributed by atoms with E-state index in [1.165, 1.54) is 11.6 Å². The SMILES string of the molecule is Cc1ccc(-c2ccc3nc(CC(F)(F)F)n(C)c3c2)cc1SCC(F)(F)F. The standard InChI is InChI=1S/C19H16F6N2S/c1-11-3-4-13(8-16(11)28-10-19(23,24)25)12-5-6-14-15(7-12)27(2)17(26-14)9-18(20,21)22/h3-8H,9-10H2,1-2H3. The van der Waals surface area contributed by atoms with E-state index in [4.69, 9.17) is 0 Å². The van der Waals surface area contributed by atoms with Gasteiger partial charge in [-0.2, -0.15) is 26.3 Å². The third kappa shape index (κ3) is 4.81. The van der Waals surface area contributed by atoms with Crippen molar-refractivity contribution in [1.82, 2.24) is 9.55 Å². The van der Waals surface area contributed by atoms with Gasteiger partial charge >= 0.3 is 12.4 Å². The Morgan fingerprint density at radius 1 is 0.929 bits per heavy atom. The first-order valence-electron chi connectivity index (χ1n) is 8.26. The molecule has 3 aromatic rings. The molecule has 2 aromatic carbocycles. The van der Waals surface area contributed by atoms with Gasteiger partial charge < -0.3 is 4.57 Å². The van der Waals surface area contributed by atoms with Gasteiger partial charge in [0.2, 0.25) is 0 Å². The number of aromatic nitrogens is 2. The minimum atomic E-state index is -4.36. The number of benzene rings is 2. The van der Waals surface area contributed by atoms with Crippen LogP contribution in [0.5, 0.6) is 0 Å². The van der Waals surface area contributed by atoms with Gasteiger partial charge in [-0.15, -0.1) is 11.8 Å². The molecule has 0 N–H and O–H groups in total. The Morgan fingerprint density at radius 3 is 2.21 bits per heavy atom. The highest BCUT2D eigenvalue weighted by Crippen LogP contribution is 2.34. The van der Waals surface area contributed by atoms with Crippen molar-refractivity contribution >= 4 is 22.8 Å². The predicted octanol–water partition coefficient (Wildman–Crippen LogP) is 6.31. The molecule has 0 aliphatic rings. The molecule has 0 fully saturated rings. The number of thioether (sulfide) groups is 1. The molecular formula is C19H16F6N2S. The second-order valence-electron chi connectivity index (χ2n) is 6.47. The molecule has 0 saturated heterocycles. The van der Waals surface area contributed by atoms with Crippen LogP contribution in [-0.4, -0.2) is 27.7 Å². The Bertz CT molecular complexity index is 1000. The Labute approximate surface area is 161 Å². The number of hydrogen-bond acceptors (Lipinski definition) is 2. The van der Waals surface area contributed by atoms with Crippen LogP contribution in [0.2, 0.25) is 0 Å². The third-order valence-electron chi connectivity index (χ3n) is 4.24. The van der Waals surface area contributed by atoms with Gasteiger partial charge in [-0.3, -0.25) is 0 Å². The molecule has 0 amide bonds. The van der Waals surface area contributed by atoms with Crippen LogP contribution in [0.1, 0.15) is 11.4 Å². The maximum absolute atomic E-state index is 12.7. The van der Waals surface area contributed by atoms with Crippen LogP contribution in [0.15, 0.2) is 41.3 Å². The van der Waals surface area contributed by atoms with Crippen molar-refractivity contribution in [1.29, 1.82) is 0 Å². The Morgan fingerprint density at radius 2 is 1.57 bits per heavy atom. The van der Waals surface area contributed by atoms with Crippen LogP contribution in [0.3, 0.4) is 0 Å². The molecular weight excluding hydrogens is 402 g/mol. The van der Waals surface area contributed by atoms with E-state index < -0.39 is 24.5 Å².